The molecule has 0 amide bonds. The molecule has 1 aliphatic carbocycles. The van der Waals surface area contributed by atoms with E-state index in [2.05, 4.69) is 0 Å². The van der Waals surface area contributed by atoms with Crippen LogP contribution < -0.4 is 0 Å². The van der Waals surface area contributed by atoms with Crippen LogP contribution in [0.3, 0.4) is 0 Å². The van der Waals surface area contributed by atoms with Gasteiger partial charge in [0.1, 0.15) is 0 Å². The molecule has 1 aliphatic rings. The summed E-state index contributed by atoms with van der Waals surface area (Å²) in [5.41, 5.74) is 1.05. The zero-order valence-electron chi connectivity index (χ0n) is 10.4. The highest BCUT2D eigenvalue weighted by Crippen LogP contribution is 2.35. The average molecular weight is 252 g/mol. The Kier molecular flexibility index (Phi) is 3.87. The van der Waals surface area contributed by atoms with E-state index in [1.165, 1.54) is 19.3 Å². The van der Waals surface area contributed by atoms with E-state index in [-0.39, 0.29) is 5.75 Å². The van der Waals surface area contributed by atoms with Crippen molar-refractivity contribution < 1.29 is 8.42 Å². The quantitative estimate of drug-likeness (QED) is 0.824. The molecule has 0 radical (unpaired) electrons. The van der Waals surface area contributed by atoms with E-state index >= 15 is 0 Å². The molecule has 17 heavy (non-hydrogen) atoms. The Balaban J connectivity index is 2.40. The zero-order chi connectivity index (χ0) is 12.3. The summed E-state index contributed by atoms with van der Waals surface area (Å²) in [5, 5.41) is 0. The van der Waals surface area contributed by atoms with Crippen LogP contribution in [0.1, 0.15) is 50.5 Å². The van der Waals surface area contributed by atoms with Crippen LogP contribution in [0.25, 0.3) is 0 Å². The topological polar surface area (TPSA) is 34.1 Å². The molecule has 2 nitrogen and oxygen atoms in total. The maximum absolute atomic E-state index is 12.1. The third-order valence-electron chi connectivity index (χ3n) is 3.68. The Morgan fingerprint density at radius 2 is 1.76 bits per heavy atom. The molecular formula is C14H20O2S. The number of benzene rings is 1. The van der Waals surface area contributed by atoms with Gasteiger partial charge in [0.15, 0.2) is 9.84 Å². The molecule has 1 saturated carbocycles. The van der Waals surface area contributed by atoms with E-state index in [4.69, 9.17) is 0 Å². The van der Waals surface area contributed by atoms with Gasteiger partial charge in [-0.2, -0.15) is 0 Å². The van der Waals surface area contributed by atoms with Crippen LogP contribution in [0, 0.1) is 0 Å². The van der Waals surface area contributed by atoms with Crippen LogP contribution in [0.4, 0.5) is 0 Å². The highest BCUT2D eigenvalue weighted by atomic mass is 32.2. The molecule has 1 fully saturated rings. The van der Waals surface area contributed by atoms with Gasteiger partial charge in [-0.15, -0.1) is 0 Å². The van der Waals surface area contributed by atoms with Crippen LogP contribution >= 0.6 is 0 Å². The summed E-state index contributed by atoms with van der Waals surface area (Å²) < 4.78 is 24.1. The van der Waals surface area contributed by atoms with Crippen molar-refractivity contribution in [3.05, 3.63) is 29.8 Å². The molecule has 0 saturated heterocycles. The third kappa shape index (κ3) is 2.71. The van der Waals surface area contributed by atoms with Gasteiger partial charge in [-0.05, 0) is 30.4 Å². The second-order valence-corrected chi connectivity index (χ2v) is 7.02. The van der Waals surface area contributed by atoms with Gasteiger partial charge in [-0.25, -0.2) is 8.42 Å². The van der Waals surface area contributed by atoms with Crippen LogP contribution in [0.5, 0.6) is 0 Å². The van der Waals surface area contributed by atoms with Crippen molar-refractivity contribution in [1.29, 1.82) is 0 Å². The fourth-order valence-corrected chi connectivity index (χ4v) is 3.86. The average Bonchev–Trinajstić information content (AvgIpc) is 2.40. The Morgan fingerprint density at radius 3 is 2.41 bits per heavy atom. The minimum atomic E-state index is -3.08. The molecule has 0 heterocycles. The van der Waals surface area contributed by atoms with Gasteiger partial charge in [0, 0.05) is 0 Å². The lowest BCUT2D eigenvalue weighted by Crippen LogP contribution is -2.12. The van der Waals surface area contributed by atoms with Crippen molar-refractivity contribution in [3.63, 3.8) is 0 Å². The SMILES string of the molecule is CCS(=O)(=O)c1ccccc1C1CCCCC1. The molecule has 1 aromatic carbocycles. The van der Waals surface area contributed by atoms with E-state index < -0.39 is 9.84 Å². The number of rotatable bonds is 3. The van der Waals surface area contributed by atoms with E-state index in [1.54, 1.807) is 13.0 Å². The second kappa shape index (κ2) is 5.21. The number of hydrogen-bond donors (Lipinski definition) is 0. The largest absolute Gasteiger partial charge is 0.224 e. The van der Waals surface area contributed by atoms with Gasteiger partial charge in [0.05, 0.1) is 10.6 Å². The molecule has 0 atom stereocenters. The Morgan fingerprint density at radius 1 is 1.12 bits per heavy atom. The summed E-state index contributed by atoms with van der Waals surface area (Å²) in [6.45, 7) is 1.72. The summed E-state index contributed by atoms with van der Waals surface area (Å²) in [7, 11) is -3.08. The first kappa shape index (κ1) is 12.6. The molecule has 1 aromatic rings. The Bertz CT molecular complexity index is 471. The van der Waals surface area contributed by atoms with E-state index in [1.807, 2.05) is 18.2 Å². The predicted molar refractivity (Wildman–Crippen MR) is 70.0 cm³/mol. The van der Waals surface area contributed by atoms with Crippen molar-refractivity contribution in [3.8, 4) is 0 Å². The first-order chi connectivity index (χ1) is 8.15. The van der Waals surface area contributed by atoms with E-state index in [9.17, 15) is 8.42 Å². The molecule has 0 spiro atoms. The van der Waals surface area contributed by atoms with Crippen molar-refractivity contribution in [2.24, 2.45) is 0 Å². The molecule has 3 heteroatoms. The van der Waals surface area contributed by atoms with Gasteiger partial charge in [0.2, 0.25) is 0 Å². The molecule has 2 rings (SSSR count). The van der Waals surface area contributed by atoms with Crippen LogP contribution in [0.15, 0.2) is 29.2 Å². The summed E-state index contributed by atoms with van der Waals surface area (Å²) in [4.78, 5) is 0.564. The summed E-state index contributed by atoms with van der Waals surface area (Å²) in [6.07, 6.45) is 6.02. The van der Waals surface area contributed by atoms with Gasteiger partial charge in [-0.1, -0.05) is 44.4 Å². The monoisotopic (exact) mass is 252 g/mol. The van der Waals surface area contributed by atoms with Crippen LogP contribution in [0.2, 0.25) is 0 Å². The molecular weight excluding hydrogens is 232 g/mol. The zero-order valence-corrected chi connectivity index (χ0v) is 11.2. The highest BCUT2D eigenvalue weighted by Gasteiger charge is 2.23. The minimum Gasteiger partial charge on any atom is -0.224 e. The fraction of sp³-hybridized carbons (Fsp3) is 0.571. The highest BCUT2D eigenvalue weighted by molar-refractivity contribution is 7.91. The molecule has 0 aromatic heterocycles. The van der Waals surface area contributed by atoms with Crippen LogP contribution in [-0.4, -0.2) is 14.2 Å². The van der Waals surface area contributed by atoms with Gasteiger partial charge < -0.3 is 0 Å². The van der Waals surface area contributed by atoms with E-state index in [0.717, 1.165) is 18.4 Å². The maximum Gasteiger partial charge on any atom is 0.178 e. The summed E-state index contributed by atoms with van der Waals surface area (Å²) in [5.74, 6) is 0.637. The van der Waals surface area contributed by atoms with Gasteiger partial charge in [-0.3, -0.25) is 0 Å². The summed E-state index contributed by atoms with van der Waals surface area (Å²) in [6, 6.07) is 7.55. The van der Waals surface area contributed by atoms with Crippen molar-refractivity contribution in [2.45, 2.75) is 49.8 Å². The van der Waals surface area contributed by atoms with Crippen LogP contribution in [-0.2, 0) is 9.84 Å². The Labute approximate surface area is 104 Å². The molecule has 0 N–H and O–H groups in total. The number of hydrogen-bond acceptors (Lipinski definition) is 2. The number of sulfone groups is 1. The standard InChI is InChI=1S/C14H20O2S/c1-2-17(15,16)14-11-7-6-10-13(14)12-8-4-3-5-9-12/h6-7,10-12H,2-5,8-9H2,1H3. The normalized spacial score (nSPS) is 18.2. The van der Waals surface area contributed by atoms with E-state index in [0.29, 0.717) is 10.8 Å². The predicted octanol–water partition coefficient (Wildman–Crippen LogP) is 3.53. The lowest BCUT2D eigenvalue weighted by molar-refractivity contribution is 0.438. The molecule has 0 bridgehead atoms. The molecule has 0 aliphatic heterocycles. The summed E-state index contributed by atoms with van der Waals surface area (Å²) >= 11 is 0. The second-order valence-electron chi connectivity index (χ2n) is 4.78. The Hall–Kier alpha value is -0.830. The van der Waals surface area contributed by atoms with Gasteiger partial charge in [0.25, 0.3) is 0 Å². The van der Waals surface area contributed by atoms with Gasteiger partial charge >= 0.3 is 0 Å². The molecule has 0 unspecified atom stereocenters. The van der Waals surface area contributed by atoms with Crippen molar-refractivity contribution >= 4 is 9.84 Å². The molecule has 94 valence electrons. The third-order valence-corrected chi connectivity index (χ3v) is 5.48. The lowest BCUT2D eigenvalue weighted by atomic mass is 9.84. The first-order valence-electron chi connectivity index (χ1n) is 6.47. The van der Waals surface area contributed by atoms with Crippen molar-refractivity contribution in [2.75, 3.05) is 5.75 Å². The fourth-order valence-electron chi connectivity index (χ4n) is 2.67. The minimum absolute atomic E-state index is 0.191. The lowest BCUT2D eigenvalue weighted by Gasteiger charge is -2.24. The smallest absolute Gasteiger partial charge is 0.178 e. The van der Waals surface area contributed by atoms with Crippen molar-refractivity contribution in [1.82, 2.24) is 0 Å². The first-order valence-corrected chi connectivity index (χ1v) is 8.12. The maximum atomic E-state index is 12.1.